The number of rotatable bonds is 3. The molecule has 0 spiro atoms. The number of nitriles is 1. The molecule has 3 heteroatoms. The Morgan fingerprint density at radius 3 is 2.20 bits per heavy atom. The van der Waals surface area contributed by atoms with Crippen LogP contribution in [0.2, 0.25) is 0 Å². The Labute approximate surface area is 203 Å². The molecule has 0 saturated heterocycles. The minimum absolute atomic E-state index is 0.489. The average molecular weight is 446 g/mol. The predicted octanol–water partition coefficient (Wildman–Crippen LogP) is 8.54. The highest BCUT2D eigenvalue weighted by Gasteiger charge is 2.16. The van der Waals surface area contributed by atoms with Gasteiger partial charge in [0.2, 0.25) is 0 Å². The lowest BCUT2D eigenvalue weighted by molar-refractivity contribution is 1.18. The molecule has 6 aromatic rings. The Kier molecular flexibility index (Phi) is 4.88. The Bertz CT molecular complexity index is 1780. The molecule has 0 saturated carbocycles. The second-order valence-corrected chi connectivity index (χ2v) is 8.42. The summed E-state index contributed by atoms with van der Waals surface area (Å²) in [5.74, 6) is 0. The van der Waals surface area contributed by atoms with Crippen LogP contribution in [0, 0.1) is 17.9 Å². The van der Waals surface area contributed by atoms with Crippen molar-refractivity contribution in [3.05, 3.63) is 132 Å². The molecule has 5 aromatic carbocycles. The van der Waals surface area contributed by atoms with Gasteiger partial charge in [0.1, 0.15) is 0 Å². The van der Waals surface area contributed by atoms with Gasteiger partial charge < -0.3 is 4.57 Å². The number of fused-ring (bicyclic) bond motifs is 3. The lowest BCUT2D eigenvalue weighted by Crippen LogP contribution is -1.94. The monoisotopic (exact) mass is 445 g/mol. The molecule has 162 valence electrons. The highest BCUT2D eigenvalue weighted by molar-refractivity contribution is 6.11. The molecule has 0 atom stereocenters. The molecule has 0 N–H and O–H groups in total. The van der Waals surface area contributed by atoms with Gasteiger partial charge >= 0.3 is 0 Å². The third kappa shape index (κ3) is 3.35. The first-order chi connectivity index (χ1) is 17.3. The third-order valence-corrected chi connectivity index (χ3v) is 6.46. The Morgan fingerprint density at radius 1 is 0.629 bits per heavy atom. The average Bonchev–Trinajstić information content (AvgIpc) is 3.26. The van der Waals surface area contributed by atoms with Crippen LogP contribution in [0.4, 0.5) is 5.69 Å². The number of benzene rings is 5. The van der Waals surface area contributed by atoms with Crippen molar-refractivity contribution >= 4 is 27.5 Å². The topological polar surface area (TPSA) is 33.1 Å². The SMILES string of the molecule is [C-]#[N+]c1cccc(C#N)c1-c1ccc2c(c1)c1ccccc1n2-c1cccc(-c2ccccc2)c1. The van der Waals surface area contributed by atoms with Crippen LogP contribution in [-0.4, -0.2) is 4.57 Å². The first-order valence-electron chi connectivity index (χ1n) is 11.4. The molecule has 3 nitrogen and oxygen atoms in total. The maximum absolute atomic E-state index is 9.70. The zero-order chi connectivity index (χ0) is 23.8. The Hall–Kier alpha value is -5.12. The molecular formula is C32H19N3. The predicted molar refractivity (Wildman–Crippen MR) is 143 cm³/mol. The second-order valence-electron chi connectivity index (χ2n) is 8.42. The van der Waals surface area contributed by atoms with Crippen LogP contribution in [0.3, 0.4) is 0 Å². The van der Waals surface area contributed by atoms with Crippen molar-refractivity contribution in [2.75, 3.05) is 0 Å². The summed E-state index contributed by atoms with van der Waals surface area (Å²) < 4.78 is 2.28. The van der Waals surface area contributed by atoms with Crippen LogP contribution in [0.15, 0.2) is 115 Å². The third-order valence-electron chi connectivity index (χ3n) is 6.46. The first kappa shape index (κ1) is 20.5. The minimum Gasteiger partial charge on any atom is -0.309 e. The first-order valence-corrected chi connectivity index (χ1v) is 11.4. The van der Waals surface area contributed by atoms with Gasteiger partial charge in [-0.25, -0.2) is 4.85 Å². The molecule has 0 aliphatic rings. The van der Waals surface area contributed by atoms with E-state index in [2.05, 4.69) is 94.3 Å². The maximum Gasteiger partial charge on any atom is 0.196 e. The van der Waals surface area contributed by atoms with Crippen LogP contribution < -0.4 is 0 Å². The van der Waals surface area contributed by atoms with E-state index in [0.29, 0.717) is 16.8 Å². The zero-order valence-corrected chi connectivity index (χ0v) is 18.8. The Morgan fingerprint density at radius 2 is 1.37 bits per heavy atom. The van der Waals surface area contributed by atoms with Crippen molar-refractivity contribution in [1.29, 1.82) is 5.26 Å². The normalized spacial score (nSPS) is 10.8. The fourth-order valence-electron chi connectivity index (χ4n) is 4.89. The van der Waals surface area contributed by atoms with E-state index in [9.17, 15) is 5.26 Å². The molecule has 1 heterocycles. The van der Waals surface area contributed by atoms with E-state index in [1.54, 1.807) is 18.2 Å². The van der Waals surface area contributed by atoms with Crippen LogP contribution in [0.25, 0.3) is 54.6 Å². The molecule has 0 fully saturated rings. The van der Waals surface area contributed by atoms with Crippen LogP contribution in [0.5, 0.6) is 0 Å². The lowest BCUT2D eigenvalue weighted by Gasteiger charge is -2.11. The standard InChI is InChI=1S/C32H19N3/c1-34-29-15-8-12-25(21-33)32(29)24-17-18-31-28(20-24)27-14-5-6-16-30(27)35(31)26-13-7-11-23(19-26)22-9-3-2-4-10-22/h2-20H. The van der Waals surface area contributed by atoms with Gasteiger partial charge in [-0.3, -0.25) is 0 Å². The van der Waals surface area contributed by atoms with Gasteiger partial charge in [-0.05, 0) is 53.1 Å². The van der Waals surface area contributed by atoms with Gasteiger partial charge in [-0.2, -0.15) is 5.26 Å². The van der Waals surface area contributed by atoms with Crippen LogP contribution >= 0.6 is 0 Å². The summed E-state index contributed by atoms with van der Waals surface area (Å²) in [6.45, 7) is 7.62. The van der Waals surface area contributed by atoms with E-state index in [0.717, 1.165) is 38.6 Å². The summed E-state index contributed by atoms with van der Waals surface area (Å²) in [4.78, 5) is 3.68. The molecule has 0 aliphatic carbocycles. The summed E-state index contributed by atoms with van der Waals surface area (Å²) in [5.41, 5.74) is 8.19. The number of nitrogens with zero attached hydrogens (tertiary/aromatic N) is 3. The minimum atomic E-state index is 0.489. The van der Waals surface area contributed by atoms with Gasteiger partial charge in [-0.1, -0.05) is 78.9 Å². The molecule has 0 unspecified atom stereocenters. The fraction of sp³-hybridized carbons (Fsp3) is 0. The van der Waals surface area contributed by atoms with E-state index in [1.807, 2.05) is 18.2 Å². The van der Waals surface area contributed by atoms with Crippen LogP contribution in [-0.2, 0) is 0 Å². The van der Waals surface area contributed by atoms with E-state index < -0.39 is 0 Å². The van der Waals surface area contributed by atoms with Gasteiger partial charge in [-0.15, -0.1) is 0 Å². The van der Waals surface area contributed by atoms with Crippen molar-refractivity contribution in [3.8, 4) is 34.0 Å². The van der Waals surface area contributed by atoms with Crippen molar-refractivity contribution in [3.63, 3.8) is 0 Å². The second kappa shape index (κ2) is 8.34. The van der Waals surface area contributed by atoms with E-state index in [4.69, 9.17) is 6.57 Å². The number of hydrogen-bond donors (Lipinski definition) is 0. The molecule has 0 bridgehead atoms. The van der Waals surface area contributed by atoms with E-state index in [1.165, 1.54) is 5.56 Å². The van der Waals surface area contributed by atoms with Gasteiger partial charge in [0.15, 0.2) is 5.69 Å². The molecule has 0 amide bonds. The molecule has 35 heavy (non-hydrogen) atoms. The zero-order valence-electron chi connectivity index (χ0n) is 18.8. The quantitative estimate of drug-likeness (QED) is 0.251. The highest BCUT2D eigenvalue weighted by Crippen LogP contribution is 2.39. The summed E-state index contributed by atoms with van der Waals surface area (Å²) >= 11 is 0. The van der Waals surface area contributed by atoms with E-state index in [-0.39, 0.29) is 0 Å². The summed E-state index contributed by atoms with van der Waals surface area (Å²) in [7, 11) is 0. The molecule has 1 aromatic heterocycles. The number of hydrogen-bond acceptors (Lipinski definition) is 1. The van der Waals surface area contributed by atoms with Gasteiger partial charge in [0.05, 0.1) is 23.7 Å². The fourth-order valence-corrected chi connectivity index (χ4v) is 4.89. The molecular weight excluding hydrogens is 426 g/mol. The van der Waals surface area contributed by atoms with Gasteiger partial charge in [0, 0.05) is 27.6 Å². The summed E-state index contributed by atoms with van der Waals surface area (Å²) in [5, 5.41) is 11.9. The van der Waals surface area contributed by atoms with Crippen LogP contribution in [0.1, 0.15) is 5.56 Å². The lowest BCUT2D eigenvalue weighted by atomic mass is 9.97. The number of para-hydroxylation sites is 1. The summed E-state index contributed by atoms with van der Waals surface area (Å²) in [6, 6.07) is 41.1. The molecule has 0 radical (unpaired) electrons. The van der Waals surface area contributed by atoms with Crippen molar-refractivity contribution in [2.24, 2.45) is 0 Å². The largest absolute Gasteiger partial charge is 0.309 e. The van der Waals surface area contributed by atoms with Crippen molar-refractivity contribution in [1.82, 2.24) is 4.57 Å². The number of aromatic nitrogens is 1. The Balaban J connectivity index is 1.62. The van der Waals surface area contributed by atoms with Crippen molar-refractivity contribution < 1.29 is 0 Å². The smallest absolute Gasteiger partial charge is 0.196 e. The molecule has 6 rings (SSSR count). The summed E-state index contributed by atoms with van der Waals surface area (Å²) in [6.07, 6.45) is 0. The van der Waals surface area contributed by atoms with Crippen molar-refractivity contribution in [2.45, 2.75) is 0 Å². The maximum atomic E-state index is 9.70. The van der Waals surface area contributed by atoms with Gasteiger partial charge in [0.25, 0.3) is 0 Å². The molecule has 0 aliphatic heterocycles. The van der Waals surface area contributed by atoms with E-state index >= 15 is 0 Å². The highest BCUT2D eigenvalue weighted by atomic mass is 15.0.